The molecule has 0 atom stereocenters. The molecular formula is H4O2PtRu. The van der Waals surface area contributed by atoms with Gasteiger partial charge in [0.1, 0.15) is 0 Å². The van der Waals surface area contributed by atoms with Crippen LogP contribution in [0.2, 0.25) is 0 Å². The molecule has 0 rings (SSSR count). The molecule has 0 saturated heterocycles. The van der Waals surface area contributed by atoms with Gasteiger partial charge in [-0.3, -0.25) is 0 Å². The zero-order valence-corrected chi connectivity index (χ0v) is 5.68. The molecule has 2 nitrogen and oxygen atoms in total. The van der Waals surface area contributed by atoms with Crippen LogP contribution in [-0.2, 0) is 40.5 Å². The molecular weight excluding hydrogens is 328 g/mol. The van der Waals surface area contributed by atoms with Gasteiger partial charge in [0.2, 0.25) is 0 Å². The molecule has 4 heavy (non-hydrogen) atoms. The topological polar surface area (TPSA) is 63.0 Å². The molecule has 0 aliphatic heterocycles. The first-order chi connectivity index (χ1) is 0. The summed E-state index contributed by atoms with van der Waals surface area (Å²) in [6.07, 6.45) is 0. The molecule has 34 valence electrons. The molecule has 0 saturated carbocycles. The maximum absolute atomic E-state index is 0. The molecule has 0 amide bonds. The van der Waals surface area contributed by atoms with Gasteiger partial charge in [-0.2, -0.15) is 0 Å². The molecule has 0 aliphatic carbocycles. The fourth-order valence-electron chi connectivity index (χ4n) is 0. The minimum Gasteiger partial charge on any atom is -0.412 e. The molecule has 0 aromatic rings. The van der Waals surface area contributed by atoms with Crippen LogP contribution in [0.5, 0.6) is 0 Å². The fourth-order valence-corrected chi connectivity index (χ4v) is 0. The minimum atomic E-state index is 0. The van der Waals surface area contributed by atoms with Crippen LogP contribution in [-0.4, -0.2) is 11.0 Å². The van der Waals surface area contributed by atoms with Gasteiger partial charge < -0.3 is 11.0 Å². The summed E-state index contributed by atoms with van der Waals surface area (Å²) in [5, 5.41) is 0. The van der Waals surface area contributed by atoms with Crippen LogP contribution in [0, 0.1) is 0 Å². The van der Waals surface area contributed by atoms with E-state index in [4.69, 9.17) is 0 Å². The van der Waals surface area contributed by atoms with E-state index in [1.807, 2.05) is 0 Å². The third-order valence-electron chi connectivity index (χ3n) is 0. The second-order valence-corrected chi connectivity index (χ2v) is 0. The van der Waals surface area contributed by atoms with Gasteiger partial charge in [0, 0.05) is 40.5 Å². The molecule has 0 aromatic heterocycles. The Balaban J connectivity index is 0. The summed E-state index contributed by atoms with van der Waals surface area (Å²) in [4.78, 5) is 0. The van der Waals surface area contributed by atoms with Crippen molar-refractivity contribution in [1.29, 1.82) is 0 Å². The molecule has 0 radical (unpaired) electrons. The third-order valence-corrected chi connectivity index (χ3v) is 0. The predicted molar refractivity (Wildman–Crippen MR) is 7.23 cm³/mol. The summed E-state index contributed by atoms with van der Waals surface area (Å²) in [5.74, 6) is 0. The zero-order valence-electron chi connectivity index (χ0n) is 1.67. The van der Waals surface area contributed by atoms with Crippen molar-refractivity contribution in [2.24, 2.45) is 0 Å². The van der Waals surface area contributed by atoms with Gasteiger partial charge in [-0.25, -0.2) is 0 Å². The van der Waals surface area contributed by atoms with Gasteiger partial charge in [0.05, 0.1) is 0 Å². The predicted octanol–water partition coefficient (Wildman–Crippen LogP) is -1.65. The van der Waals surface area contributed by atoms with Crippen molar-refractivity contribution in [3.63, 3.8) is 0 Å². The van der Waals surface area contributed by atoms with Crippen LogP contribution in [0.3, 0.4) is 0 Å². The van der Waals surface area contributed by atoms with E-state index >= 15 is 0 Å². The number of hydrogen-bond acceptors (Lipinski definition) is 0. The van der Waals surface area contributed by atoms with Gasteiger partial charge in [0.25, 0.3) is 0 Å². The van der Waals surface area contributed by atoms with Crippen molar-refractivity contribution >= 4 is 0 Å². The van der Waals surface area contributed by atoms with Crippen molar-refractivity contribution < 1.29 is 51.5 Å². The second kappa shape index (κ2) is 29.1. The van der Waals surface area contributed by atoms with Crippen LogP contribution in [0.15, 0.2) is 0 Å². The fraction of sp³-hybridized carbons (Fsp3) is 0. The maximum Gasteiger partial charge on any atom is 0 e. The van der Waals surface area contributed by atoms with E-state index in [1.54, 1.807) is 0 Å². The monoisotopic (exact) mass is 333 g/mol. The number of hydrogen-bond donors (Lipinski definition) is 0. The molecule has 0 aliphatic rings. The van der Waals surface area contributed by atoms with Gasteiger partial charge in [0.15, 0.2) is 0 Å². The van der Waals surface area contributed by atoms with Gasteiger partial charge in [-0.15, -0.1) is 0 Å². The summed E-state index contributed by atoms with van der Waals surface area (Å²) in [6.45, 7) is 0. The molecule has 0 spiro atoms. The zero-order chi connectivity index (χ0) is 0. The van der Waals surface area contributed by atoms with E-state index in [2.05, 4.69) is 0 Å². The average molecular weight is 332 g/mol. The Hall–Kier alpha value is 1.23. The van der Waals surface area contributed by atoms with Crippen LogP contribution < -0.4 is 0 Å². The molecule has 4 heteroatoms. The Morgan fingerprint density at radius 3 is 0.750 bits per heavy atom. The molecule has 0 bridgehead atoms. The van der Waals surface area contributed by atoms with E-state index < -0.39 is 0 Å². The summed E-state index contributed by atoms with van der Waals surface area (Å²) >= 11 is 0. The summed E-state index contributed by atoms with van der Waals surface area (Å²) in [7, 11) is 0. The molecule has 0 unspecified atom stereocenters. The van der Waals surface area contributed by atoms with Crippen molar-refractivity contribution in [2.45, 2.75) is 0 Å². The van der Waals surface area contributed by atoms with Crippen LogP contribution >= 0.6 is 0 Å². The first-order valence-electron chi connectivity index (χ1n) is 0. The first-order valence-corrected chi connectivity index (χ1v) is 0. The molecule has 0 aromatic carbocycles. The van der Waals surface area contributed by atoms with E-state index in [1.165, 1.54) is 0 Å². The SMILES string of the molecule is O.O.[Pt].[Ru]. The first kappa shape index (κ1) is 61.8. The smallest absolute Gasteiger partial charge is 0 e. The van der Waals surface area contributed by atoms with Crippen LogP contribution in [0.4, 0.5) is 0 Å². The molecule has 0 heterocycles. The third kappa shape index (κ3) is 10.6. The van der Waals surface area contributed by atoms with E-state index in [-0.39, 0.29) is 51.5 Å². The molecule has 0 fully saturated rings. The number of rotatable bonds is 0. The normalized spacial score (nSPS) is 0. The van der Waals surface area contributed by atoms with Crippen molar-refractivity contribution in [1.82, 2.24) is 0 Å². The Morgan fingerprint density at radius 1 is 0.750 bits per heavy atom. The minimum absolute atomic E-state index is 0. The van der Waals surface area contributed by atoms with Crippen LogP contribution in [0.1, 0.15) is 0 Å². The Morgan fingerprint density at radius 2 is 0.750 bits per heavy atom. The standard InChI is InChI=1S/2H2O.Pt.Ru/h2*1H2;;. The van der Waals surface area contributed by atoms with E-state index in [0.29, 0.717) is 0 Å². The second-order valence-electron chi connectivity index (χ2n) is 0. The van der Waals surface area contributed by atoms with Crippen molar-refractivity contribution in [3.05, 3.63) is 0 Å². The maximum atomic E-state index is 0. The van der Waals surface area contributed by atoms with Crippen molar-refractivity contribution in [2.75, 3.05) is 0 Å². The van der Waals surface area contributed by atoms with Crippen molar-refractivity contribution in [3.8, 4) is 0 Å². The summed E-state index contributed by atoms with van der Waals surface area (Å²) < 4.78 is 0. The van der Waals surface area contributed by atoms with Crippen LogP contribution in [0.25, 0.3) is 0 Å². The Kier molecular flexibility index (Phi) is 450. The van der Waals surface area contributed by atoms with Gasteiger partial charge >= 0.3 is 0 Å². The Labute approximate surface area is 51.6 Å². The average Bonchev–Trinajstić information content (AvgIpc) is 0. The van der Waals surface area contributed by atoms with E-state index in [9.17, 15) is 0 Å². The summed E-state index contributed by atoms with van der Waals surface area (Å²) in [6, 6.07) is 0. The van der Waals surface area contributed by atoms with E-state index in [0.717, 1.165) is 0 Å². The van der Waals surface area contributed by atoms with Gasteiger partial charge in [-0.05, 0) is 0 Å². The quantitative estimate of drug-likeness (QED) is 0.477. The largest absolute Gasteiger partial charge is 0.412 e. The van der Waals surface area contributed by atoms with Gasteiger partial charge in [-0.1, -0.05) is 0 Å². The molecule has 4 N–H and O–H groups in total. The Bertz CT molecular complexity index is 6.00. The summed E-state index contributed by atoms with van der Waals surface area (Å²) in [5.41, 5.74) is 0.